The van der Waals surface area contributed by atoms with Crippen LogP contribution in [-0.2, 0) is 19.8 Å². The third-order valence-corrected chi connectivity index (χ3v) is 5.27. The molecule has 0 atom stereocenters. The van der Waals surface area contributed by atoms with Crippen LogP contribution < -0.4 is 19.9 Å². The minimum Gasteiger partial charge on any atom is -0.484 e. The molecule has 0 saturated heterocycles. The van der Waals surface area contributed by atoms with Crippen molar-refractivity contribution in [3.05, 3.63) is 108 Å². The van der Waals surface area contributed by atoms with Crippen molar-refractivity contribution in [2.75, 3.05) is 6.61 Å². The van der Waals surface area contributed by atoms with Crippen LogP contribution >= 0.6 is 0 Å². The Morgan fingerprint density at radius 2 is 1.31 bits per heavy atom. The number of halogens is 3. The Kier molecular flexibility index (Phi) is 8.07. The molecule has 8 heteroatoms. The summed E-state index contributed by atoms with van der Waals surface area (Å²) in [4.78, 5) is 4.58. The lowest BCUT2D eigenvalue weighted by atomic mass is 10.00. The van der Waals surface area contributed by atoms with Crippen molar-refractivity contribution in [3.8, 4) is 28.6 Å². The lowest BCUT2D eigenvalue weighted by Crippen LogP contribution is -2.19. The van der Waals surface area contributed by atoms with Gasteiger partial charge in [-0.25, -0.2) is 0 Å². The number of hydrogen-bond donors (Lipinski definition) is 1. The largest absolute Gasteiger partial charge is 0.484 e. The summed E-state index contributed by atoms with van der Waals surface area (Å²) in [5, 5.41) is 0. The van der Waals surface area contributed by atoms with E-state index in [2.05, 4.69) is 4.98 Å². The number of pyridine rings is 1. The molecule has 0 radical (unpaired) electrons. The second kappa shape index (κ2) is 11.6. The molecule has 5 nitrogen and oxygen atoms in total. The van der Waals surface area contributed by atoms with Crippen molar-refractivity contribution in [1.29, 1.82) is 0 Å². The van der Waals surface area contributed by atoms with Crippen molar-refractivity contribution in [1.82, 2.24) is 4.98 Å². The molecule has 0 fully saturated rings. The van der Waals surface area contributed by atoms with Gasteiger partial charge in [0, 0.05) is 18.2 Å². The molecule has 0 saturated carbocycles. The average molecular weight is 495 g/mol. The zero-order valence-electron chi connectivity index (χ0n) is 19.4. The molecule has 2 N–H and O–H groups in total. The molecule has 0 aliphatic carbocycles. The number of nitrogens with two attached hydrogens (primary N) is 1. The fourth-order valence-corrected chi connectivity index (χ4v) is 3.53. The molecule has 4 rings (SSSR count). The van der Waals surface area contributed by atoms with Crippen molar-refractivity contribution in [2.45, 2.75) is 25.9 Å². The predicted octanol–water partition coefficient (Wildman–Crippen LogP) is 6.31. The van der Waals surface area contributed by atoms with Crippen molar-refractivity contribution in [2.24, 2.45) is 5.73 Å². The number of ether oxygens (including phenoxy) is 3. The van der Waals surface area contributed by atoms with E-state index in [1.54, 1.807) is 18.2 Å². The van der Waals surface area contributed by atoms with E-state index in [0.29, 0.717) is 35.1 Å². The topological polar surface area (TPSA) is 66.6 Å². The van der Waals surface area contributed by atoms with Gasteiger partial charge in [-0.05, 0) is 40.5 Å². The van der Waals surface area contributed by atoms with Gasteiger partial charge in [-0.2, -0.15) is 18.2 Å². The van der Waals surface area contributed by atoms with Gasteiger partial charge < -0.3 is 19.9 Å². The van der Waals surface area contributed by atoms with Gasteiger partial charge in [0.05, 0.1) is 0 Å². The Balaban J connectivity index is 1.62. The lowest BCUT2D eigenvalue weighted by molar-refractivity contribution is -0.153. The molecule has 1 aromatic heterocycles. The Labute approximate surface area is 207 Å². The SMILES string of the molecule is NCc1cc(OCC(F)(F)F)ccc1-c1ccc(OCc2ccccc2)nc1OCc1ccccc1. The Hall–Kier alpha value is -4.04. The monoisotopic (exact) mass is 494 g/mol. The van der Waals surface area contributed by atoms with Gasteiger partial charge in [0.2, 0.25) is 11.8 Å². The van der Waals surface area contributed by atoms with E-state index < -0.39 is 12.8 Å². The van der Waals surface area contributed by atoms with Crippen molar-refractivity contribution in [3.63, 3.8) is 0 Å². The maximum absolute atomic E-state index is 12.6. The number of benzene rings is 3. The summed E-state index contributed by atoms with van der Waals surface area (Å²) in [6.45, 7) is -0.682. The van der Waals surface area contributed by atoms with Gasteiger partial charge in [-0.1, -0.05) is 66.7 Å². The third-order valence-electron chi connectivity index (χ3n) is 5.27. The van der Waals surface area contributed by atoms with E-state index in [9.17, 15) is 13.2 Å². The second-order valence-electron chi connectivity index (χ2n) is 7.98. The molecule has 0 amide bonds. The third kappa shape index (κ3) is 6.99. The van der Waals surface area contributed by atoms with E-state index in [-0.39, 0.29) is 18.9 Å². The minimum absolute atomic E-state index is 0.0825. The molecule has 186 valence electrons. The summed E-state index contributed by atoms with van der Waals surface area (Å²) in [6.07, 6.45) is -4.43. The zero-order chi connectivity index (χ0) is 25.4. The summed E-state index contributed by atoms with van der Waals surface area (Å²) in [5.41, 5.74) is 9.80. The quantitative estimate of drug-likeness (QED) is 0.280. The van der Waals surface area contributed by atoms with Crippen LogP contribution in [-0.4, -0.2) is 17.8 Å². The molecule has 0 unspecified atom stereocenters. The van der Waals surface area contributed by atoms with Crippen LogP contribution in [0, 0.1) is 0 Å². The highest BCUT2D eigenvalue weighted by atomic mass is 19.4. The van der Waals surface area contributed by atoms with Gasteiger partial charge in [-0.15, -0.1) is 0 Å². The normalized spacial score (nSPS) is 11.2. The van der Waals surface area contributed by atoms with Crippen LogP contribution in [0.3, 0.4) is 0 Å². The van der Waals surface area contributed by atoms with E-state index in [1.807, 2.05) is 60.7 Å². The van der Waals surface area contributed by atoms with E-state index >= 15 is 0 Å². The second-order valence-corrected chi connectivity index (χ2v) is 7.98. The van der Waals surface area contributed by atoms with E-state index in [1.165, 1.54) is 12.1 Å². The maximum Gasteiger partial charge on any atom is 0.422 e. The van der Waals surface area contributed by atoms with Crippen LogP contribution in [0.1, 0.15) is 16.7 Å². The maximum atomic E-state index is 12.6. The number of rotatable bonds is 10. The first kappa shape index (κ1) is 25.1. The highest BCUT2D eigenvalue weighted by molar-refractivity contribution is 5.73. The average Bonchev–Trinajstić information content (AvgIpc) is 2.90. The molecule has 0 aliphatic heterocycles. The first-order valence-corrected chi connectivity index (χ1v) is 11.3. The summed E-state index contributed by atoms with van der Waals surface area (Å²) < 4.78 is 54.5. The Morgan fingerprint density at radius 3 is 1.92 bits per heavy atom. The fourth-order valence-electron chi connectivity index (χ4n) is 3.53. The summed E-state index contributed by atoms with van der Waals surface area (Å²) in [6, 6.07) is 27.5. The van der Waals surface area contributed by atoms with Gasteiger partial charge in [-0.3, -0.25) is 0 Å². The fraction of sp³-hybridized carbons (Fsp3) is 0.179. The number of alkyl halides is 3. The molecule has 0 aliphatic rings. The molecule has 4 aromatic rings. The molecule has 3 aromatic carbocycles. The number of aromatic nitrogens is 1. The first-order valence-electron chi connectivity index (χ1n) is 11.3. The smallest absolute Gasteiger partial charge is 0.422 e. The summed E-state index contributed by atoms with van der Waals surface area (Å²) >= 11 is 0. The van der Waals surface area contributed by atoms with Crippen molar-refractivity contribution >= 4 is 0 Å². The van der Waals surface area contributed by atoms with Gasteiger partial charge >= 0.3 is 6.18 Å². The van der Waals surface area contributed by atoms with Crippen LogP contribution in [0.4, 0.5) is 13.2 Å². The predicted molar refractivity (Wildman–Crippen MR) is 131 cm³/mol. The molecular formula is C28H25F3N2O3. The summed E-state index contributed by atoms with van der Waals surface area (Å²) in [5.74, 6) is 0.784. The van der Waals surface area contributed by atoms with Gasteiger partial charge in [0.15, 0.2) is 6.61 Å². The number of nitrogens with zero attached hydrogens (tertiary/aromatic N) is 1. The number of hydrogen-bond acceptors (Lipinski definition) is 5. The van der Waals surface area contributed by atoms with E-state index in [4.69, 9.17) is 19.9 Å². The van der Waals surface area contributed by atoms with Crippen LogP contribution in [0.25, 0.3) is 11.1 Å². The van der Waals surface area contributed by atoms with Crippen LogP contribution in [0.5, 0.6) is 17.5 Å². The highest BCUT2D eigenvalue weighted by Gasteiger charge is 2.28. The standard InChI is InChI=1S/C28H25F3N2O3/c29-28(30,31)19-36-23-11-12-24(22(15-23)16-32)25-13-14-26(34-17-20-7-3-1-4-8-20)33-27(25)35-18-21-9-5-2-6-10-21/h1-15H,16-19,32H2. The van der Waals surface area contributed by atoms with Crippen LogP contribution in [0.2, 0.25) is 0 Å². The highest BCUT2D eigenvalue weighted by Crippen LogP contribution is 2.35. The first-order chi connectivity index (χ1) is 17.4. The molecular weight excluding hydrogens is 469 g/mol. The van der Waals surface area contributed by atoms with Crippen LogP contribution in [0.15, 0.2) is 91.0 Å². The van der Waals surface area contributed by atoms with Gasteiger partial charge in [0.1, 0.15) is 19.0 Å². The Bertz CT molecular complexity index is 1270. The van der Waals surface area contributed by atoms with Crippen molar-refractivity contribution < 1.29 is 27.4 Å². The van der Waals surface area contributed by atoms with Gasteiger partial charge in [0.25, 0.3) is 0 Å². The minimum atomic E-state index is -4.43. The molecule has 0 spiro atoms. The molecule has 0 bridgehead atoms. The van der Waals surface area contributed by atoms with E-state index in [0.717, 1.165) is 11.1 Å². The lowest BCUT2D eigenvalue weighted by Gasteiger charge is -2.16. The Morgan fingerprint density at radius 1 is 0.694 bits per heavy atom. The molecule has 1 heterocycles. The summed E-state index contributed by atoms with van der Waals surface area (Å²) in [7, 11) is 0. The molecule has 36 heavy (non-hydrogen) atoms. The zero-order valence-corrected chi connectivity index (χ0v) is 19.4.